The number of aromatic hydroxyl groups is 1. The number of aromatic nitrogens is 4. The first-order valence-electron chi connectivity index (χ1n) is 9.01. The Morgan fingerprint density at radius 1 is 0.862 bits per heavy atom. The lowest BCUT2D eigenvalue weighted by Gasteiger charge is -2.09. The number of carbonyl (C=O) groups is 1. The van der Waals surface area contributed by atoms with Crippen LogP contribution in [0.25, 0.3) is 39.0 Å². The molecule has 0 atom stereocenters. The van der Waals surface area contributed by atoms with E-state index >= 15 is 0 Å². The van der Waals surface area contributed by atoms with Gasteiger partial charge in [0.15, 0.2) is 5.82 Å². The van der Waals surface area contributed by atoms with Gasteiger partial charge in [0, 0.05) is 0 Å². The van der Waals surface area contributed by atoms with Crippen molar-refractivity contribution in [2.24, 2.45) is 0 Å². The molecule has 3 aromatic carbocycles. The molecular weight excluding hydrogens is 368 g/mol. The predicted molar refractivity (Wildman–Crippen MR) is 108 cm³/mol. The van der Waals surface area contributed by atoms with Gasteiger partial charge in [-0.3, -0.25) is 14.2 Å². The monoisotopic (exact) mass is 380 g/mol. The zero-order valence-corrected chi connectivity index (χ0v) is 14.9. The maximum Gasteiger partial charge on any atom is 0.267 e. The SMILES string of the molecule is O=C1c2ccccc2-n2c1nc1ccc(O)c(-c3nc4ccccc4[nH]3)c1c2=O. The van der Waals surface area contributed by atoms with Crippen molar-refractivity contribution in [2.75, 3.05) is 0 Å². The number of fused-ring (bicyclic) bond motifs is 5. The van der Waals surface area contributed by atoms with Crippen LogP contribution in [0.2, 0.25) is 0 Å². The Morgan fingerprint density at radius 2 is 1.66 bits per heavy atom. The van der Waals surface area contributed by atoms with Gasteiger partial charge >= 0.3 is 0 Å². The minimum Gasteiger partial charge on any atom is -0.507 e. The van der Waals surface area contributed by atoms with Crippen LogP contribution in [0.4, 0.5) is 0 Å². The standard InChI is InChI=1S/C22H12N4O3/c27-16-10-9-14-17(18(16)20-23-12-6-2-3-7-13(12)24-20)22(29)26-15-8-4-1-5-11(15)19(28)21(26)25-14/h1-10,27H,(H,23,24). The second kappa shape index (κ2) is 5.39. The van der Waals surface area contributed by atoms with E-state index in [-0.39, 0.29) is 28.3 Å². The van der Waals surface area contributed by atoms with Crippen molar-refractivity contribution in [3.8, 4) is 22.8 Å². The summed E-state index contributed by atoms with van der Waals surface area (Å²) in [5.74, 6) is 0.0582. The van der Waals surface area contributed by atoms with Crippen molar-refractivity contribution in [1.82, 2.24) is 19.5 Å². The Morgan fingerprint density at radius 3 is 2.52 bits per heavy atom. The van der Waals surface area contributed by atoms with E-state index in [9.17, 15) is 14.7 Å². The van der Waals surface area contributed by atoms with E-state index in [1.807, 2.05) is 24.3 Å². The second-order valence-electron chi connectivity index (χ2n) is 6.88. The van der Waals surface area contributed by atoms with E-state index in [1.54, 1.807) is 24.3 Å². The Labute approximate surface area is 162 Å². The summed E-state index contributed by atoms with van der Waals surface area (Å²) in [6, 6.07) is 17.3. The fourth-order valence-corrected chi connectivity index (χ4v) is 3.93. The molecule has 0 radical (unpaired) electrons. The summed E-state index contributed by atoms with van der Waals surface area (Å²) >= 11 is 0. The molecule has 0 bridgehead atoms. The molecule has 7 nitrogen and oxygen atoms in total. The largest absolute Gasteiger partial charge is 0.507 e. The van der Waals surface area contributed by atoms with Crippen LogP contribution >= 0.6 is 0 Å². The minimum absolute atomic E-state index is 0.0740. The van der Waals surface area contributed by atoms with E-state index in [0.717, 1.165) is 5.52 Å². The number of ketones is 1. The van der Waals surface area contributed by atoms with Crippen molar-refractivity contribution < 1.29 is 9.90 Å². The van der Waals surface area contributed by atoms with Gasteiger partial charge in [-0.1, -0.05) is 24.3 Å². The summed E-state index contributed by atoms with van der Waals surface area (Å²) in [6.45, 7) is 0. The van der Waals surface area contributed by atoms with E-state index in [2.05, 4.69) is 15.0 Å². The number of hydrogen-bond acceptors (Lipinski definition) is 5. The molecule has 6 rings (SSSR count). The zero-order valence-electron chi connectivity index (χ0n) is 14.9. The van der Waals surface area contributed by atoms with E-state index in [1.165, 1.54) is 16.7 Å². The van der Waals surface area contributed by atoms with Crippen LogP contribution in [0.5, 0.6) is 5.75 Å². The van der Waals surface area contributed by atoms with E-state index in [0.29, 0.717) is 28.1 Å². The maximum absolute atomic E-state index is 13.5. The lowest BCUT2D eigenvalue weighted by molar-refractivity contribution is 0.103. The summed E-state index contributed by atoms with van der Waals surface area (Å²) < 4.78 is 1.31. The lowest BCUT2D eigenvalue weighted by atomic mass is 10.1. The number of nitrogens with one attached hydrogen (secondary N) is 1. The normalized spacial score (nSPS) is 12.5. The minimum atomic E-state index is -0.422. The smallest absolute Gasteiger partial charge is 0.267 e. The van der Waals surface area contributed by atoms with Crippen LogP contribution in [0, 0.1) is 0 Å². The Kier molecular flexibility index (Phi) is 2.93. The summed E-state index contributed by atoms with van der Waals surface area (Å²) in [4.78, 5) is 38.4. The molecule has 0 fully saturated rings. The Hall–Kier alpha value is -4.26. The molecule has 29 heavy (non-hydrogen) atoms. The number of phenolic OH excluding ortho intramolecular Hbond substituents is 1. The lowest BCUT2D eigenvalue weighted by Crippen LogP contribution is -2.22. The van der Waals surface area contributed by atoms with Crippen LogP contribution in [-0.2, 0) is 0 Å². The quantitative estimate of drug-likeness (QED) is 0.456. The van der Waals surface area contributed by atoms with Gasteiger partial charge in [-0.05, 0) is 36.4 Å². The van der Waals surface area contributed by atoms with Crippen molar-refractivity contribution >= 4 is 27.7 Å². The molecule has 0 saturated carbocycles. The van der Waals surface area contributed by atoms with Gasteiger partial charge in [0.05, 0.1) is 38.8 Å². The number of para-hydroxylation sites is 3. The average Bonchev–Trinajstić information content (AvgIpc) is 3.28. The first kappa shape index (κ1) is 15.8. The molecule has 0 unspecified atom stereocenters. The van der Waals surface area contributed by atoms with Crippen LogP contribution in [0.3, 0.4) is 0 Å². The van der Waals surface area contributed by atoms with Gasteiger partial charge in [-0.15, -0.1) is 0 Å². The maximum atomic E-state index is 13.5. The molecule has 2 N–H and O–H groups in total. The molecule has 1 aliphatic heterocycles. The number of carbonyl (C=O) groups excluding carboxylic acids is 1. The first-order valence-corrected chi connectivity index (χ1v) is 9.01. The molecule has 7 heteroatoms. The molecule has 0 amide bonds. The van der Waals surface area contributed by atoms with Gasteiger partial charge in [0.1, 0.15) is 11.6 Å². The third-order valence-electron chi connectivity index (χ3n) is 5.24. The predicted octanol–water partition coefficient (Wildman–Crippen LogP) is 3.18. The summed E-state index contributed by atoms with van der Waals surface area (Å²) in [5, 5.41) is 10.8. The second-order valence-corrected chi connectivity index (χ2v) is 6.88. The van der Waals surface area contributed by atoms with Crippen molar-refractivity contribution in [2.45, 2.75) is 0 Å². The molecule has 138 valence electrons. The topological polar surface area (TPSA) is 101 Å². The highest BCUT2D eigenvalue weighted by Gasteiger charge is 2.31. The van der Waals surface area contributed by atoms with Crippen LogP contribution < -0.4 is 5.56 Å². The summed E-state index contributed by atoms with van der Waals surface area (Å²) in [5.41, 5.74) is 2.60. The van der Waals surface area contributed by atoms with E-state index in [4.69, 9.17) is 0 Å². The average molecular weight is 380 g/mol. The van der Waals surface area contributed by atoms with Gasteiger partial charge in [-0.25, -0.2) is 9.97 Å². The number of benzene rings is 3. The first-order chi connectivity index (χ1) is 14.1. The number of rotatable bonds is 1. The van der Waals surface area contributed by atoms with Gasteiger partial charge in [0.25, 0.3) is 5.56 Å². The molecule has 0 saturated heterocycles. The van der Waals surface area contributed by atoms with Crippen molar-refractivity contribution in [3.63, 3.8) is 0 Å². The highest BCUT2D eigenvalue weighted by molar-refractivity contribution is 6.13. The van der Waals surface area contributed by atoms with Crippen LogP contribution in [-0.4, -0.2) is 30.4 Å². The number of aromatic amines is 1. The van der Waals surface area contributed by atoms with Crippen molar-refractivity contribution in [3.05, 3.63) is 82.4 Å². The van der Waals surface area contributed by atoms with Crippen LogP contribution in [0.15, 0.2) is 65.5 Å². The number of nitrogens with zero attached hydrogens (tertiary/aromatic N) is 3. The highest BCUT2D eigenvalue weighted by Crippen LogP contribution is 2.35. The Balaban J connectivity index is 1.75. The number of imidazole rings is 1. The zero-order chi connectivity index (χ0) is 19.7. The number of hydrogen-bond donors (Lipinski definition) is 2. The summed E-state index contributed by atoms with van der Waals surface area (Å²) in [6.07, 6.45) is 0. The third kappa shape index (κ3) is 2.01. The number of phenols is 1. The molecule has 2 aromatic heterocycles. The molecule has 0 aliphatic carbocycles. The summed E-state index contributed by atoms with van der Waals surface area (Å²) in [7, 11) is 0. The fourth-order valence-electron chi connectivity index (χ4n) is 3.93. The molecule has 3 heterocycles. The molecule has 5 aromatic rings. The molecule has 1 aliphatic rings. The molecule has 0 spiro atoms. The third-order valence-corrected chi connectivity index (χ3v) is 5.24. The van der Waals surface area contributed by atoms with Gasteiger partial charge < -0.3 is 10.1 Å². The van der Waals surface area contributed by atoms with Crippen molar-refractivity contribution in [1.29, 1.82) is 0 Å². The molecular formula is C22H12N4O3. The highest BCUT2D eigenvalue weighted by atomic mass is 16.3. The van der Waals surface area contributed by atoms with Crippen LogP contribution in [0.1, 0.15) is 16.2 Å². The van der Waals surface area contributed by atoms with E-state index < -0.39 is 5.56 Å². The fraction of sp³-hybridized carbons (Fsp3) is 0. The van der Waals surface area contributed by atoms with Gasteiger partial charge in [0.2, 0.25) is 5.78 Å². The van der Waals surface area contributed by atoms with Gasteiger partial charge in [-0.2, -0.15) is 0 Å². The number of H-pyrrole nitrogens is 1. The Bertz CT molecular complexity index is 1530.